The Kier molecular flexibility index (Phi) is 14.8. The molecule has 0 radical (unpaired) electrons. The first kappa shape index (κ1) is 31.7. The number of rotatable bonds is 18. The number of nitrogens with one attached hydrogen (secondary N) is 3. The summed E-state index contributed by atoms with van der Waals surface area (Å²) >= 11 is 0. The molecule has 0 heterocycles. The number of unbranched alkanes of at least 4 members (excludes halogenated alkanes) is 1. The molecule has 0 rings (SSSR count). The van der Waals surface area contributed by atoms with E-state index in [9.17, 15) is 39.0 Å². The van der Waals surface area contributed by atoms with E-state index in [0.717, 1.165) is 0 Å². The third kappa shape index (κ3) is 13.2. The van der Waals surface area contributed by atoms with Crippen LogP contribution >= 0.6 is 0 Å². The van der Waals surface area contributed by atoms with Gasteiger partial charge in [-0.1, -0.05) is 0 Å². The van der Waals surface area contributed by atoms with E-state index in [0.29, 0.717) is 19.4 Å². The van der Waals surface area contributed by atoms with E-state index in [2.05, 4.69) is 16.0 Å². The molecule has 0 fully saturated rings. The fourth-order valence-corrected chi connectivity index (χ4v) is 2.92. The Morgan fingerprint density at radius 2 is 1.34 bits per heavy atom. The lowest BCUT2D eigenvalue weighted by atomic mass is 10.0. The Labute approximate surface area is 202 Å². The van der Waals surface area contributed by atoms with Gasteiger partial charge in [-0.25, -0.2) is 4.79 Å². The zero-order valence-electron chi connectivity index (χ0n) is 19.6. The maximum atomic E-state index is 12.9. The zero-order chi connectivity index (χ0) is 27.1. The molecule has 0 aliphatic carbocycles. The van der Waals surface area contributed by atoms with Crippen LogP contribution in [-0.2, 0) is 28.8 Å². The van der Waals surface area contributed by atoms with Crippen LogP contribution in [0.4, 0.5) is 0 Å². The normalized spacial score (nSPS) is 15.1. The Hall–Kier alpha value is -3.30. The second kappa shape index (κ2) is 16.3. The maximum Gasteiger partial charge on any atom is 0.328 e. The van der Waals surface area contributed by atoms with Gasteiger partial charge in [-0.3, -0.25) is 24.0 Å². The van der Waals surface area contributed by atoms with Crippen molar-refractivity contribution in [3.63, 3.8) is 0 Å². The number of nitrogens with two attached hydrogens (primary N) is 3. The van der Waals surface area contributed by atoms with Gasteiger partial charge in [-0.05, 0) is 45.6 Å². The molecule has 15 nitrogen and oxygen atoms in total. The molecular weight excluding hydrogens is 468 g/mol. The molecule has 15 heteroatoms. The van der Waals surface area contributed by atoms with Gasteiger partial charge >= 0.3 is 11.9 Å². The number of carboxylic acid groups (broad SMARTS) is 2. The highest BCUT2D eigenvalue weighted by molar-refractivity contribution is 5.94. The highest BCUT2D eigenvalue weighted by atomic mass is 16.4. The van der Waals surface area contributed by atoms with Crippen molar-refractivity contribution in [2.75, 3.05) is 6.54 Å². The van der Waals surface area contributed by atoms with E-state index in [4.69, 9.17) is 22.3 Å². The summed E-state index contributed by atoms with van der Waals surface area (Å²) in [7, 11) is 0. The minimum absolute atomic E-state index is 0.0650. The molecule has 0 aromatic carbocycles. The van der Waals surface area contributed by atoms with Crippen LogP contribution in [0, 0.1) is 0 Å². The summed E-state index contributed by atoms with van der Waals surface area (Å²) < 4.78 is 0. The fourth-order valence-electron chi connectivity index (χ4n) is 2.92. The molecule has 0 aliphatic rings. The van der Waals surface area contributed by atoms with Crippen LogP contribution in [0.25, 0.3) is 0 Å². The number of hydrogen-bond donors (Lipinski definition) is 9. The second-order valence-electron chi connectivity index (χ2n) is 8.02. The fraction of sp³-hybridized carbons (Fsp3) is 0.700. The first-order valence-electron chi connectivity index (χ1n) is 11.1. The second-order valence-corrected chi connectivity index (χ2v) is 8.02. The third-order valence-electron chi connectivity index (χ3n) is 4.94. The van der Waals surface area contributed by atoms with Gasteiger partial charge < -0.3 is 48.5 Å². The van der Waals surface area contributed by atoms with E-state index < -0.39 is 65.8 Å². The molecule has 12 N–H and O–H groups in total. The zero-order valence-corrected chi connectivity index (χ0v) is 19.6. The number of aliphatic carboxylic acids is 2. The van der Waals surface area contributed by atoms with Crippen LogP contribution in [0.3, 0.4) is 0 Å². The highest BCUT2D eigenvalue weighted by Crippen LogP contribution is 2.06. The van der Waals surface area contributed by atoms with Crippen LogP contribution in [0.5, 0.6) is 0 Å². The van der Waals surface area contributed by atoms with Crippen molar-refractivity contribution < 1.29 is 44.1 Å². The standard InChI is InChI=1S/C20H36N6O9/c1-10(27)16(20(34)35)26-19(33)12(4-2-3-9-21)25-18(32)13(6-7-14(23)28)24-17(31)11(22)5-8-15(29)30/h10-13,16,27H,2-9,21-22H2,1H3,(H2,23,28)(H,24,31)(H,25,32)(H,26,33)(H,29,30)(H,34,35). The minimum Gasteiger partial charge on any atom is -0.481 e. The van der Waals surface area contributed by atoms with Crippen LogP contribution in [0.1, 0.15) is 51.9 Å². The van der Waals surface area contributed by atoms with Gasteiger partial charge in [0.1, 0.15) is 12.1 Å². The number of hydrogen-bond acceptors (Lipinski definition) is 9. The van der Waals surface area contributed by atoms with Crippen molar-refractivity contribution in [1.29, 1.82) is 0 Å². The molecule has 0 saturated heterocycles. The van der Waals surface area contributed by atoms with Gasteiger partial charge in [0, 0.05) is 12.8 Å². The molecule has 4 amide bonds. The molecule has 5 unspecified atom stereocenters. The largest absolute Gasteiger partial charge is 0.481 e. The number of carboxylic acids is 2. The third-order valence-corrected chi connectivity index (χ3v) is 4.94. The SMILES string of the molecule is CC(O)C(NC(=O)C(CCCCN)NC(=O)C(CCC(N)=O)NC(=O)C(N)CCC(=O)O)C(=O)O. The van der Waals surface area contributed by atoms with Crippen molar-refractivity contribution in [2.24, 2.45) is 17.2 Å². The smallest absolute Gasteiger partial charge is 0.328 e. The van der Waals surface area contributed by atoms with E-state index >= 15 is 0 Å². The van der Waals surface area contributed by atoms with Gasteiger partial charge in [0.05, 0.1) is 12.1 Å². The average molecular weight is 505 g/mol. The molecule has 0 aromatic heterocycles. The summed E-state index contributed by atoms with van der Waals surface area (Å²) in [6, 6.07) is -5.47. The maximum absolute atomic E-state index is 12.9. The molecule has 0 bridgehead atoms. The first-order chi connectivity index (χ1) is 16.3. The number of carbonyl (C=O) groups excluding carboxylic acids is 4. The highest BCUT2D eigenvalue weighted by Gasteiger charge is 2.31. The summed E-state index contributed by atoms with van der Waals surface area (Å²) in [5.74, 6) is -6.02. The van der Waals surface area contributed by atoms with Gasteiger partial charge in [-0.15, -0.1) is 0 Å². The predicted molar refractivity (Wildman–Crippen MR) is 121 cm³/mol. The summed E-state index contributed by atoms with van der Waals surface area (Å²) in [4.78, 5) is 71.1. The summed E-state index contributed by atoms with van der Waals surface area (Å²) in [5, 5.41) is 34.4. The minimum atomic E-state index is -1.63. The molecule has 0 saturated carbocycles. The van der Waals surface area contributed by atoms with E-state index in [1.807, 2.05) is 0 Å². The molecule has 35 heavy (non-hydrogen) atoms. The quantitative estimate of drug-likeness (QED) is 0.0825. The Morgan fingerprint density at radius 1 is 0.800 bits per heavy atom. The number of primary amides is 1. The van der Waals surface area contributed by atoms with Crippen LogP contribution in [-0.4, -0.2) is 87.7 Å². The van der Waals surface area contributed by atoms with Crippen molar-refractivity contribution in [3.05, 3.63) is 0 Å². The lowest BCUT2D eigenvalue weighted by molar-refractivity contribution is -0.145. The lowest BCUT2D eigenvalue weighted by Gasteiger charge is -2.25. The van der Waals surface area contributed by atoms with E-state index in [1.54, 1.807) is 0 Å². The van der Waals surface area contributed by atoms with Gasteiger partial charge in [0.15, 0.2) is 6.04 Å². The number of aliphatic hydroxyl groups is 1. The molecule has 0 aliphatic heterocycles. The Bertz CT molecular complexity index is 761. The predicted octanol–water partition coefficient (Wildman–Crippen LogP) is -3.51. The van der Waals surface area contributed by atoms with Gasteiger partial charge in [-0.2, -0.15) is 0 Å². The van der Waals surface area contributed by atoms with Crippen LogP contribution < -0.4 is 33.2 Å². The Morgan fingerprint density at radius 3 is 1.83 bits per heavy atom. The van der Waals surface area contributed by atoms with Crippen molar-refractivity contribution >= 4 is 35.6 Å². The van der Waals surface area contributed by atoms with Crippen molar-refractivity contribution in [2.45, 2.75) is 82.1 Å². The first-order valence-corrected chi connectivity index (χ1v) is 11.1. The average Bonchev–Trinajstić information content (AvgIpc) is 2.76. The Balaban J connectivity index is 5.55. The monoisotopic (exact) mass is 504 g/mol. The van der Waals surface area contributed by atoms with Crippen molar-refractivity contribution in [1.82, 2.24) is 16.0 Å². The van der Waals surface area contributed by atoms with Crippen LogP contribution in [0.2, 0.25) is 0 Å². The number of carbonyl (C=O) groups is 6. The lowest BCUT2D eigenvalue weighted by Crippen LogP contribution is -2.58. The molecular formula is C20H36N6O9. The number of aliphatic hydroxyl groups excluding tert-OH is 1. The summed E-state index contributed by atoms with van der Waals surface area (Å²) in [6.45, 7) is 1.48. The van der Waals surface area contributed by atoms with Crippen LogP contribution in [0.15, 0.2) is 0 Å². The molecule has 5 atom stereocenters. The van der Waals surface area contributed by atoms with Crippen molar-refractivity contribution in [3.8, 4) is 0 Å². The molecule has 0 aromatic rings. The summed E-state index contributed by atoms with van der Waals surface area (Å²) in [6.07, 6.45) is -1.59. The summed E-state index contributed by atoms with van der Waals surface area (Å²) in [5.41, 5.74) is 16.2. The molecule has 200 valence electrons. The van der Waals surface area contributed by atoms with Gasteiger partial charge in [0.25, 0.3) is 0 Å². The van der Waals surface area contributed by atoms with Gasteiger partial charge in [0.2, 0.25) is 23.6 Å². The van der Waals surface area contributed by atoms with E-state index in [1.165, 1.54) is 6.92 Å². The number of amides is 4. The van der Waals surface area contributed by atoms with E-state index in [-0.39, 0.29) is 32.1 Å². The molecule has 0 spiro atoms. The topological polar surface area (TPSA) is 277 Å².